The summed E-state index contributed by atoms with van der Waals surface area (Å²) >= 11 is 6.15. The molecule has 0 spiro atoms. The Morgan fingerprint density at radius 1 is 0.833 bits per heavy atom. The van der Waals surface area contributed by atoms with E-state index in [4.69, 9.17) is 11.6 Å². The molecule has 6 heteroatoms. The first-order chi connectivity index (χ1) is 14.8. The van der Waals surface area contributed by atoms with Gasteiger partial charge in [-0.05, 0) is 11.6 Å². The zero-order valence-electron chi connectivity index (χ0n) is 16.0. The van der Waals surface area contributed by atoms with Crippen molar-refractivity contribution < 1.29 is 0 Å². The van der Waals surface area contributed by atoms with Crippen LogP contribution >= 0.6 is 11.6 Å². The van der Waals surface area contributed by atoms with Crippen molar-refractivity contribution in [1.82, 2.24) is 14.8 Å². The zero-order valence-corrected chi connectivity index (χ0v) is 16.8. The number of rotatable bonds is 5. The van der Waals surface area contributed by atoms with Crippen molar-refractivity contribution in [3.05, 3.63) is 101 Å². The second-order valence-corrected chi connectivity index (χ2v) is 7.33. The van der Waals surface area contributed by atoms with Gasteiger partial charge in [-0.3, -0.25) is 5.43 Å². The van der Waals surface area contributed by atoms with Crippen LogP contribution in [0.4, 0.5) is 5.82 Å². The molecule has 1 N–H and O–H groups in total. The molecule has 5 nitrogen and oxygen atoms in total. The number of fused-ring (bicyclic) bond motifs is 2. The monoisotopic (exact) mass is 411 g/mol. The largest absolute Gasteiger partial charge is 0.342 e. The highest BCUT2D eigenvalue weighted by atomic mass is 35.5. The van der Waals surface area contributed by atoms with E-state index in [2.05, 4.69) is 74.0 Å². The van der Waals surface area contributed by atoms with Gasteiger partial charge in [0.2, 0.25) is 0 Å². The summed E-state index contributed by atoms with van der Waals surface area (Å²) in [5, 5.41) is 15.8. The first kappa shape index (κ1) is 18.3. The van der Waals surface area contributed by atoms with Crippen molar-refractivity contribution in [1.29, 1.82) is 0 Å². The van der Waals surface area contributed by atoms with E-state index in [0.29, 0.717) is 11.0 Å². The Hall–Kier alpha value is -3.70. The molecule has 0 saturated heterocycles. The van der Waals surface area contributed by atoms with Gasteiger partial charge in [-0.25, -0.2) is 0 Å². The minimum Gasteiger partial charge on any atom is -0.342 e. The van der Waals surface area contributed by atoms with Gasteiger partial charge in [0.25, 0.3) is 0 Å². The quantitative estimate of drug-likeness (QED) is 0.296. The molecule has 5 aromatic rings. The Balaban J connectivity index is 1.46. The molecule has 0 unspecified atom stereocenters. The standard InChI is InChI=1S/C24H18ClN5/c25-23-20-11-4-5-12-21(20)24(29-27-23)28-26-14-18-16-30(15-17-8-2-1-3-9-17)22-13-7-6-10-19(18)22/h1-14,16H,15H2,(H,28,29). The van der Waals surface area contributed by atoms with Gasteiger partial charge in [-0.2, -0.15) is 5.10 Å². The van der Waals surface area contributed by atoms with Crippen LogP contribution in [-0.4, -0.2) is 21.0 Å². The number of aromatic nitrogens is 3. The van der Waals surface area contributed by atoms with Crippen LogP contribution in [0.5, 0.6) is 0 Å². The summed E-state index contributed by atoms with van der Waals surface area (Å²) in [6.07, 6.45) is 3.93. The Kier molecular flexibility index (Phi) is 4.87. The van der Waals surface area contributed by atoms with Crippen molar-refractivity contribution >= 4 is 45.3 Å². The number of nitrogens with one attached hydrogen (secondary N) is 1. The van der Waals surface area contributed by atoms with Crippen LogP contribution in [0.15, 0.2) is 90.2 Å². The van der Waals surface area contributed by atoms with Gasteiger partial charge in [-0.15, -0.1) is 10.2 Å². The molecule has 0 aliphatic carbocycles. The number of hydrogen-bond donors (Lipinski definition) is 1. The van der Waals surface area contributed by atoms with Gasteiger partial charge in [0.1, 0.15) is 0 Å². The molecule has 0 aliphatic heterocycles. The highest BCUT2D eigenvalue weighted by Gasteiger charge is 2.08. The van der Waals surface area contributed by atoms with Crippen molar-refractivity contribution in [3.63, 3.8) is 0 Å². The zero-order chi connectivity index (χ0) is 20.3. The number of hydrazone groups is 1. The van der Waals surface area contributed by atoms with Gasteiger partial charge < -0.3 is 4.57 Å². The van der Waals surface area contributed by atoms with Crippen LogP contribution in [0.2, 0.25) is 5.15 Å². The van der Waals surface area contributed by atoms with Crippen LogP contribution < -0.4 is 5.43 Å². The SMILES string of the molecule is Clc1nnc(NN=Cc2cn(Cc3ccccc3)c3ccccc23)c2ccccc12. The third-order valence-corrected chi connectivity index (χ3v) is 5.31. The highest BCUT2D eigenvalue weighted by Crippen LogP contribution is 2.26. The number of halogens is 1. The lowest BCUT2D eigenvalue weighted by Crippen LogP contribution is -1.98. The molecule has 0 fully saturated rings. The molecule has 0 amide bonds. The minimum atomic E-state index is 0.379. The van der Waals surface area contributed by atoms with Gasteiger partial charge in [-0.1, -0.05) is 84.4 Å². The van der Waals surface area contributed by atoms with Crippen molar-refractivity contribution in [3.8, 4) is 0 Å². The Morgan fingerprint density at radius 3 is 2.37 bits per heavy atom. The Morgan fingerprint density at radius 2 is 1.53 bits per heavy atom. The summed E-state index contributed by atoms with van der Waals surface area (Å²) in [6, 6.07) is 26.5. The first-order valence-corrected chi connectivity index (χ1v) is 9.99. The smallest absolute Gasteiger partial charge is 0.176 e. The van der Waals surface area contributed by atoms with Crippen molar-refractivity contribution in [2.45, 2.75) is 6.54 Å². The lowest BCUT2D eigenvalue weighted by Gasteiger charge is -2.05. The van der Waals surface area contributed by atoms with Crippen molar-refractivity contribution in [2.75, 3.05) is 5.43 Å². The first-order valence-electron chi connectivity index (χ1n) is 9.61. The number of para-hydroxylation sites is 1. The molecule has 2 aromatic heterocycles. The summed E-state index contributed by atoms with van der Waals surface area (Å²) in [5.74, 6) is 0.569. The molecule has 0 atom stereocenters. The molecular weight excluding hydrogens is 394 g/mol. The van der Waals surface area contributed by atoms with E-state index in [9.17, 15) is 0 Å². The summed E-state index contributed by atoms with van der Waals surface area (Å²) in [6.45, 7) is 0.802. The molecule has 0 saturated carbocycles. The van der Waals surface area contributed by atoms with E-state index >= 15 is 0 Å². The molecule has 30 heavy (non-hydrogen) atoms. The molecule has 146 valence electrons. The third kappa shape index (κ3) is 3.51. The number of benzene rings is 3. The molecule has 0 bridgehead atoms. The fraction of sp³-hybridized carbons (Fsp3) is 0.0417. The number of hydrogen-bond acceptors (Lipinski definition) is 4. The topological polar surface area (TPSA) is 55.1 Å². The van der Waals surface area contributed by atoms with Gasteiger partial charge in [0.05, 0.1) is 6.21 Å². The molecule has 2 heterocycles. The molecule has 0 radical (unpaired) electrons. The molecule has 5 rings (SSSR count). The van der Waals surface area contributed by atoms with E-state index in [1.807, 2.05) is 42.6 Å². The summed E-state index contributed by atoms with van der Waals surface area (Å²) in [4.78, 5) is 0. The van der Waals surface area contributed by atoms with Gasteiger partial charge >= 0.3 is 0 Å². The van der Waals surface area contributed by atoms with Crippen molar-refractivity contribution in [2.24, 2.45) is 5.10 Å². The van der Waals surface area contributed by atoms with E-state index in [-0.39, 0.29) is 0 Å². The fourth-order valence-corrected chi connectivity index (χ4v) is 3.81. The van der Waals surface area contributed by atoms with Crippen LogP contribution in [0.3, 0.4) is 0 Å². The summed E-state index contributed by atoms with van der Waals surface area (Å²) < 4.78 is 2.24. The summed E-state index contributed by atoms with van der Waals surface area (Å²) in [5.41, 5.74) is 6.46. The molecule has 0 aliphatic rings. The number of nitrogens with zero attached hydrogens (tertiary/aromatic N) is 4. The average Bonchev–Trinajstić information content (AvgIpc) is 3.14. The van der Waals surface area contributed by atoms with E-state index < -0.39 is 0 Å². The minimum absolute atomic E-state index is 0.379. The lowest BCUT2D eigenvalue weighted by atomic mass is 10.2. The maximum atomic E-state index is 6.15. The lowest BCUT2D eigenvalue weighted by molar-refractivity contribution is 0.836. The second kappa shape index (κ2) is 7.97. The van der Waals surface area contributed by atoms with Crippen LogP contribution in [-0.2, 0) is 6.54 Å². The van der Waals surface area contributed by atoms with Gasteiger partial charge in [0.15, 0.2) is 11.0 Å². The predicted molar refractivity (Wildman–Crippen MR) is 123 cm³/mol. The Bertz CT molecular complexity index is 1360. The molecule has 3 aromatic carbocycles. The number of anilines is 1. The van der Waals surface area contributed by atoms with E-state index in [1.165, 1.54) is 11.1 Å². The predicted octanol–water partition coefficient (Wildman–Crippen LogP) is 5.73. The maximum Gasteiger partial charge on any atom is 0.176 e. The van der Waals surface area contributed by atoms with Crippen LogP contribution in [0, 0.1) is 0 Å². The molecular formula is C24H18ClN5. The Labute approximate surface area is 178 Å². The highest BCUT2D eigenvalue weighted by molar-refractivity contribution is 6.34. The van der Waals surface area contributed by atoms with E-state index in [1.54, 1.807) is 0 Å². The maximum absolute atomic E-state index is 6.15. The second-order valence-electron chi connectivity index (χ2n) is 6.97. The van der Waals surface area contributed by atoms with Crippen LogP contribution in [0.25, 0.3) is 21.7 Å². The van der Waals surface area contributed by atoms with E-state index in [0.717, 1.165) is 28.3 Å². The van der Waals surface area contributed by atoms with Crippen LogP contribution in [0.1, 0.15) is 11.1 Å². The normalized spacial score (nSPS) is 11.5. The fourth-order valence-electron chi connectivity index (χ4n) is 3.61. The average molecular weight is 412 g/mol. The third-order valence-electron chi connectivity index (χ3n) is 5.03. The van der Waals surface area contributed by atoms with Gasteiger partial charge in [0, 0.05) is 40.0 Å². The summed E-state index contributed by atoms with van der Waals surface area (Å²) in [7, 11) is 0.